The Morgan fingerprint density at radius 2 is 2.00 bits per heavy atom. The van der Waals surface area contributed by atoms with Gasteiger partial charge < -0.3 is 10.1 Å². The highest BCUT2D eigenvalue weighted by molar-refractivity contribution is 5.82. The Hall–Kier alpha value is -1.39. The van der Waals surface area contributed by atoms with Gasteiger partial charge in [-0.1, -0.05) is 30.3 Å². The summed E-state index contributed by atoms with van der Waals surface area (Å²) in [6.07, 6.45) is 1.04. The van der Waals surface area contributed by atoms with Crippen LogP contribution in [0.25, 0.3) is 0 Å². The van der Waals surface area contributed by atoms with E-state index >= 15 is 0 Å². The topological polar surface area (TPSA) is 41.6 Å². The number of esters is 1. The lowest BCUT2D eigenvalue weighted by Gasteiger charge is -2.38. The van der Waals surface area contributed by atoms with E-state index in [4.69, 9.17) is 4.74 Å². The summed E-state index contributed by atoms with van der Waals surface area (Å²) in [6, 6.07) is 9.88. The second-order valence-corrected chi connectivity index (χ2v) is 5.02. The number of nitrogens with one attached hydrogen (secondary N) is 1. The summed E-state index contributed by atoms with van der Waals surface area (Å²) in [4.78, 5) is 14.6. The predicted octanol–water partition coefficient (Wildman–Crippen LogP) is 1.37. The molecule has 19 heavy (non-hydrogen) atoms. The van der Waals surface area contributed by atoms with E-state index in [2.05, 4.69) is 10.2 Å². The van der Waals surface area contributed by atoms with Crippen LogP contribution in [0.2, 0.25) is 0 Å². The van der Waals surface area contributed by atoms with Gasteiger partial charge in [-0.05, 0) is 25.5 Å². The second-order valence-electron chi connectivity index (χ2n) is 5.02. The van der Waals surface area contributed by atoms with Crippen molar-refractivity contribution in [2.45, 2.75) is 18.9 Å². The maximum atomic E-state index is 12.4. The van der Waals surface area contributed by atoms with Crippen LogP contribution < -0.4 is 5.32 Å². The molecule has 1 aliphatic heterocycles. The van der Waals surface area contributed by atoms with Crippen molar-refractivity contribution in [3.05, 3.63) is 35.9 Å². The first kappa shape index (κ1) is 14.0. The molecule has 4 nitrogen and oxygen atoms in total. The SMILES string of the molecule is COC(=O)C(C)(c1ccccc1)N1CCCNCC1. The van der Waals surface area contributed by atoms with Crippen molar-refractivity contribution in [2.24, 2.45) is 0 Å². The normalized spacial score (nSPS) is 20.3. The highest BCUT2D eigenvalue weighted by Gasteiger charge is 2.42. The third kappa shape index (κ3) is 2.80. The zero-order valence-electron chi connectivity index (χ0n) is 11.7. The Balaban J connectivity index is 2.36. The lowest BCUT2D eigenvalue weighted by molar-refractivity contribution is -0.155. The molecule has 1 aromatic rings. The zero-order valence-corrected chi connectivity index (χ0v) is 11.7. The van der Waals surface area contributed by atoms with Crippen molar-refractivity contribution in [1.82, 2.24) is 10.2 Å². The molecule has 0 saturated carbocycles. The van der Waals surface area contributed by atoms with Crippen molar-refractivity contribution >= 4 is 5.97 Å². The van der Waals surface area contributed by atoms with Crippen LogP contribution in [0.1, 0.15) is 18.9 Å². The van der Waals surface area contributed by atoms with Crippen LogP contribution in [0.15, 0.2) is 30.3 Å². The third-order valence-electron chi connectivity index (χ3n) is 3.89. The molecule has 0 aromatic heterocycles. The fourth-order valence-corrected chi connectivity index (χ4v) is 2.68. The van der Waals surface area contributed by atoms with Gasteiger partial charge in [-0.25, -0.2) is 4.79 Å². The molecule has 2 rings (SSSR count). The predicted molar refractivity (Wildman–Crippen MR) is 74.9 cm³/mol. The molecule has 1 saturated heterocycles. The lowest BCUT2D eigenvalue weighted by atomic mass is 9.89. The minimum atomic E-state index is -0.706. The minimum absolute atomic E-state index is 0.194. The first-order valence-electron chi connectivity index (χ1n) is 6.79. The Morgan fingerprint density at radius 1 is 1.26 bits per heavy atom. The van der Waals surface area contributed by atoms with E-state index in [0.717, 1.165) is 38.2 Å². The number of carbonyl (C=O) groups is 1. The number of hydrogen-bond donors (Lipinski definition) is 1. The monoisotopic (exact) mass is 262 g/mol. The summed E-state index contributed by atoms with van der Waals surface area (Å²) < 4.78 is 5.06. The molecule has 1 atom stereocenters. The van der Waals surface area contributed by atoms with Gasteiger partial charge in [-0.2, -0.15) is 0 Å². The van der Waals surface area contributed by atoms with Crippen LogP contribution in [0.3, 0.4) is 0 Å². The summed E-state index contributed by atoms with van der Waals surface area (Å²) in [5.74, 6) is -0.194. The quantitative estimate of drug-likeness (QED) is 0.835. The maximum Gasteiger partial charge on any atom is 0.330 e. The number of ether oxygens (including phenoxy) is 1. The fraction of sp³-hybridized carbons (Fsp3) is 0.533. The van der Waals surface area contributed by atoms with Crippen LogP contribution in [0.4, 0.5) is 0 Å². The molecule has 0 bridgehead atoms. The molecule has 0 amide bonds. The van der Waals surface area contributed by atoms with Crippen molar-refractivity contribution < 1.29 is 9.53 Å². The molecule has 4 heteroatoms. The fourth-order valence-electron chi connectivity index (χ4n) is 2.68. The van der Waals surface area contributed by atoms with Gasteiger partial charge in [0.05, 0.1) is 7.11 Å². The van der Waals surface area contributed by atoms with Crippen molar-refractivity contribution in [2.75, 3.05) is 33.3 Å². The van der Waals surface area contributed by atoms with E-state index in [0.29, 0.717) is 0 Å². The third-order valence-corrected chi connectivity index (χ3v) is 3.89. The average Bonchev–Trinajstić information content (AvgIpc) is 2.76. The Morgan fingerprint density at radius 3 is 2.68 bits per heavy atom. The van der Waals surface area contributed by atoms with Gasteiger partial charge in [0.15, 0.2) is 0 Å². The number of nitrogens with zero attached hydrogens (tertiary/aromatic N) is 1. The van der Waals surface area contributed by atoms with Gasteiger partial charge >= 0.3 is 5.97 Å². The van der Waals surface area contributed by atoms with Gasteiger partial charge in [0.1, 0.15) is 5.54 Å². The summed E-state index contributed by atoms with van der Waals surface area (Å²) in [6.45, 7) is 5.61. The van der Waals surface area contributed by atoms with E-state index in [1.807, 2.05) is 37.3 Å². The number of methoxy groups -OCH3 is 1. The molecule has 0 radical (unpaired) electrons. The molecule has 1 aliphatic rings. The molecule has 104 valence electrons. The molecule has 1 N–H and O–H groups in total. The van der Waals surface area contributed by atoms with Gasteiger partial charge in [-0.15, -0.1) is 0 Å². The van der Waals surface area contributed by atoms with E-state index < -0.39 is 5.54 Å². The van der Waals surface area contributed by atoms with E-state index in [9.17, 15) is 4.79 Å². The van der Waals surface area contributed by atoms with Gasteiger partial charge in [0.25, 0.3) is 0 Å². The first-order valence-corrected chi connectivity index (χ1v) is 6.79. The number of rotatable bonds is 3. The largest absolute Gasteiger partial charge is 0.467 e. The van der Waals surface area contributed by atoms with Crippen molar-refractivity contribution in [3.63, 3.8) is 0 Å². The molecule has 1 heterocycles. The molecule has 1 fully saturated rings. The second kappa shape index (κ2) is 6.17. The van der Waals surface area contributed by atoms with Crippen LogP contribution in [-0.2, 0) is 15.1 Å². The highest BCUT2D eigenvalue weighted by atomic mass is 16.5. The highest BCUT2D eigenvalue weighted by Crippen LogP contribution is 2.30. The van der Waals surface area contributed by atoms with Crippen LogP contribution in [0, 0.1) is 0 Å². The van der Waals surface area contributed by atoms with Crippen LogP contribution in [-0.4, -0.2) is 44.2 Å². The molecular weight excluding hydrogens is 240 g/mol. The van der Waals surface area contributed by atoms with E-state index in [1.165, 1.54) is 7.11 Å². The number of carbonyl (C=O) groups excluding carboxylic acids is 1. The number of benzene rings is 1. The van der Waals surface area contributed by atoms with Crippen molar-refractivity contribution in [3.8, 4) is 0 Å². The molecule has 1 aromatic carbocycles. The lowest BCUT2D eigenvalue weighted by Crippen LogP contribution is -2.51. The summed E-state index contributed by atoms with van der Waals surface area (Å²) in [5.41, 5.74) is 0.283. The standard InChI is InChI=1S/C15H22N2O2/c1-15(14(18)19-2,13-7-4-3-5-8-13)17-11-6-9-16-10-12-17/h3-5,7-8,16H,6,9-12H2,1-2H3. The minimum Gasteiger partial charge on any atom is -0.467 e. The summed E-state index contributed by atoms with van der Waals surface area (Å²) in [7, 11) is 1.46. The maximum absolute atomic E-state index is 12.4. The molecule has 0 spiro atoms. The van der Waals surface area contributed by atoms with Crippen molar-refractivity contribution in [1.29, 1.82) is 0 Å². The zero-order chi connectivity index (χ0) is 13.7. The van der Waals surface area contributed by atoms with Gasteiger partial charge in [0.2, 0.25) is 0 Å². The van der Waals surface area contributed by atoms with Crippen LogP contribution >= 0.6 is 0 Å². The Labute approximate surface area is 114 Å². The molecule has 0 aliphatic carbocycles. The smallest absolute Gasteiger partial charge is 0.330 e. The Kier molecular flexibility index (Phi) is 4.56. The van der Waals surface area contributed by atoms with E-state index in [-0.39, 0.29) is 5.97 Å². The van der Waals surface area contributed by atoms with Gasteiger partial charge in [0, 0.05) is 19.6 Å². The summed E-state index contributed by atoms with van der Waals surface area (Å²) in [5, 5.41) is 3.36. The molecule has 1 unspecified atom stereocenters. The van der Waals surface area contributed by atoms with E-state index in [1.54, 1.807) is 0 Å². The van der Waals surface area contributed by atoms with Gasteiger partial charge in [-0.3, -0.25) is 4.90 Å². The Bertz CT molecular complexity index is 413. The molecular formula is C15H22N2O2. The van der Waals surface area contributed by atoms with Crippen LogP contribution in [0.5, 0.6) is 0 Å². The first-order chi connectivity index (χ1) is 9.19. The average molecular weight is 262 g/mol. The summed E-state index contributed by atoms with van der Waals surface area (Å²) >= 11 is 0. The number of hydrogen-bond acceptors (Lipinski definition) is 4.